The standard InChI is InChI=1S/C23H19FN2/c24-22-15-17(10-11-21(22)18-6-2-1-3-7-18)14-19-8-5-13-26-23(19)20-9-4-12-25-16-20/h1-4,6-7,9-12,14-16H,5,8,13H2/b19-14+. The van der Waals surface area contributed by atoms with Crippen molar-refractivity contribution in [2.24, 2.45) is 4.99 Å². The van der Waals surface area contributed by atoms with Crippen LogP contribution >= 0.6 is 0 Å². The lowest BCUT2D eigenvalue weighted by molar-refractivity contribution is 0.631. The van der Waals surface area contributed by atoms with Gasteiger partial charge in [-0.3, -0.25) is 9.98 Å². The quantitative estimate of drug-likeness (QED) is 0.612. The number of nitrogens with zero attached hydrogens (tertiary/aromatic N) is 2. The van der Waals surface area contributed by atoms with E-state index in [1.54, 1.807) is 12.3 Å². The van der Waals surface area contributed by atoms with E-state index in [0.29, 0.717) is 5.56 Å². The van der Waals surface area contributed by atoms with Gasteiger partial charge in [0.2, 0.25) is 0 Å². The predicted molar refractivity (Wildman–Crippen MR) is 105 cm³/mol. The van der Waals surface area contributed by atoms with E-state index in [9.17, 15) is 4.39 Å². The number of benzene rings is 2. The summed E-state index contributed by atoms with van der Waals surface area (Å²) in [6, 6.07) is 19.0. The molecule has 0 atom stereocenters. The molecule has 1 aromatic heterocycles. The zero-order chi connectivity index (χ0) is 17.8. The third kappa shape index (κ3) is 3.47. The van der Waals surface area contributed by atoms with Crippen molar-refractivity contribution in [2.45, 2.75) is 12.8 Å². The molecule has 0 saturated heterocycles. The Hall–Kier alpha value is -3.07. The number of hydrogen-bond donors (Lipinski definition) is 0. The van der Waals surface area contributed by atoms with E-state index in [-0.39, 0.29) is 5.82 Å². The van der Waals surface area contributed by atoms with E-state index in [1.165, 1.54) is 0 Å². The highest BCUT2D eigenvalue weighted by Gasteiger charge is 2.14. The Labute approximate surface area is 152 Å². The van der Waals surface area contributed by atoms with Crippen LogP contribution in [-0.4, -0.2) is 17.2 Å². The summed E-state index contributed by atoms with van der Waals surface area (Å²) in [5.74, 6) is -0.207. The number of hydrogen-bond acceptors (Lipinski definition) is 2. The normalized spacial score (nSPS) is 15.7. The van der Waals surface area contributed by atoms with Crippen molar-refractivity contribution >= 4 is 11.8 Å². The van der Waals surface area contributed by atoms with Gasteiger partial charge < -0.3 is 0 Å². The average molecular weight is 342 g/mol. The first kappa shape index (κ1) is 16.4. The van der Waals surface area contributed by atoms with Crippen LogP contribution in [0.4, 0.5) is 4.39 Å². The minimum atomic E-state index is -0.207. The lowest BCUT2D eigenvalue weighted by atomic mass is 9.94. The molecule has 0 unspecified atom stereocenters. The molecule has 2 aromatic carbocycles. The lowest BCUT2D eigenvalue weighted by Crippen LogP contribution is -2.11. The van der Waals surface area contributed by atoms with Gasteiger partial charge in [0.25, 0.3) is 0 Å². The average Bonchev–Trinajstić information content (AvgIpc) is 2.70. The van der Waals surface area contributed by atoms with E-state index in [4.69, 9.17) is 0 Å². The van der Waals surface area contributed by atoms with Gasteiger partial charge in [-0.2, -0.15) is 0 Å². The first-order valence-corrected chi connectivity index (χ1v) is 8.82. The Bertz CT molecular complexity index is 960. The largest absolute Gasteiger partial charge is 0.284 e. The fraction of sp³-hybridized carbons (Fsp3) is 0.130. The smallest absolute Gasteiger partial charge is 0.131 e. The summed E-state index contributed by atoms with van der Waals surface area (Å²) < 4.78 is 14.6. The Morgan fingerprint density at radius 1 is 0.923 bits per heavy atom. The number of pyridine rings is 1. The summed E-state index contributed by atoms with van der Waals surface area (Å²) in [7, 11) is 0. The fourth-order valence-corrected chi connectivity index (χ4v) is 3.27. The summed E-state index contributed by atoms with van der Waals surface area (Å²) in [4.78, 5) is 8.87. The Morgan fingerprint density at radius 2 is 1.77 bits per heavy atom. The number of aliphatic imine (C=N–C) groups is 1. The third-order valence-electron chi connectivity index (χ3n) is 4.53. The van der Waals surface area contributed by atoms with Crippen LogP contribution in [0.5, 0.6) is 0 Å². The molecule has 1 aliphatic rings. The maximum absolute atomic E-state index is 14.6. The second-order valence-electron chi connectivity index (χ2n) is 6.35. The number of allylic oxidation sites excluding steroid dienone is 1. The molecule has 1 aliphatic heterocycles. The third-order valence-corrected chi connectivity index (χ3v) is 4.53. The Kier molecular flexibility index (Phi) is 4.69. The topological polar surface area (TPSA) is 25.2 Å². The molecule has 0 fully saturated rings. The second-order valence-corrected chi connectivity index (χ2v) is 6.35. The Balaban J connectivity index is 1.68. The molecule has 0 spiro atoms. The van der Waals surface area contributed by atoms with E-state index in [2.05, 4.69) is 9.98 Å². The van der Waals surface area contributed by atoms with Crippen LogP contribution in [0.25, 0.3) is 17.2 Å². The number of halogens is 1. The maximum Gasteiger partial charge on any atom is 0.131 e. The predicted octanol–water partition coefficient (Wildman–Crippen LogP) is 5.55. The van der Waals surface area contributed by atoms with E-state index >= 15 is 0 Å². The SMILES string of the molecule is Fc1cc(/C=C2\CCCN=C2c2cccnc2)ccc1-c1ccccc1. The zero-order valence-corrected chi connectivity index (χ0v) is 14.4. The van der Waals surface area contributed by atoms with Gasteiger partial charge in [0.15, 0.2) is 0 Å². The minimum absolute atomic E-state index is 0.207. The maximum atomic E-state index is 14.6. The second kappa shape index (κ2) is 7.44. The highest BCUT2D eigenvalue weighted by Crippen LogP contribution is 2.26. The molecule has 2 nitrogen and oxygen atoms in total. The molecule has 0 aliphatic carbocycles. The van der Waals surface area contributed by atoms with Crippen molar-refractivity contribution < 1.29 is 4.39 Å². The van der Waals surface area contributed by atoms with Crippen molar-refractivity contribution in [3.05, 3.63) is 95.6 Å². The van der Waals surface area contributed by atoms with Gasteiger partial charge in [-0.1, -0.05) is 42.5 Å². The van der Waals surface area contributed by atoms with Crippen molar-refractivity contribution in [3.63, 3.8) is 0 Å². The first-order valence-electron chi connectivity index (χ1n) is 8.82. The molecule has 0 saturated carbocycles. The molecule has 3 heteroatoms. The van der Waals surface area contributed by atoms with Gasteiger partial charge in [-0.05, 0) is 53.8 Å². The molecule has 0 amide bonds. The fourth-order valence-electron chi connectivity index (χ4n) is 3.27. The first-order chi connectivity index (χ1) is 12.8. The molecular formula is C23H19FN2. The molecule has 128 valence electrons. The minimum Gasteiger partial charge on any atom is -0.284 e. The molecular weight excluding hydrogens is 323 g/mol. The van der Waals surface area contributed by atoms with Gasteiger partial charge in [-0.25, -0.2) is 4.39 Å². The van der Waals surface area contributed by atoms with E-state index in [1.807, 2.05) is 66.9 Å². The summed E-state index contributed by atoms with van der Waals surface area (Å²) in [6.45, 7) is 0.822. The molecule has 26 heavy (non-hydrogen) atoms. The summed E-state index contributed by atoms with van der Waals surface area (Å²) >= 11 is 0. The van der Waals surface area contributed by atoms with Crippen LogP contribution in [0.1, 0.15) is 24.0 Å². The van der Waals surface area contributed by atoms with Crippen molar-refractivity contribution in [1.82, 2.24) is 4.98 Å². The van der Waals surface area contributed by atoms with Crippen LogP contribution in [0.3, 0.4) is 0 Å². The summed E-state index contributed by atoms with van der Waals surface area (Å²) in [5.41, 5.74) is 5.49. The summed E-state index contributed by atoms with van der Waals surface area (Å²) in [6.07, 6.45) is 7.59. The number of rotatable bonds is 3. The zero-order valence-electron chi connectivity index (χ0n) is 14.4. The van der Waals surface area contributed by atoms with E-state index in [0.717, 1.165) is 47.4 Å². The highest BCUT2D eigenvalue weighted by molar-refractivity contribution is 6.15. The van der Waals surface area contributed by atoms with Gasteiger partial charge in [0, 0.05) is 30.1 Å². The molecule has 4 rings (SSSR count). The highest BCUT2D eigenvalue weighted by atomic mass is 19.1. The molecule has 3 aromatic rings. The van der Waals surface area contributed by atoms with Crippen LogP contribution in [-0.2, 0) is 0 Å². The van der Waals surface area contributed by atoms with Crippen LogP contribution in [0.15, 0.2) is 83.6 Å². The van der Waals surface area contributed by atoms with Crippen LogP contribution in [0, 0.1) is 5.82 Å². The van der Waals surface area contributed by atoms with E-state index < -0.39 is 0 Å². The van der Waals surface area contributed by atoms with Crippen LogP contribution < -0.4 is 0 Å². The summed E-state index contributed by atoms with van der Waals surface area (Å²) in [5, 5.41) is 0. The van der Waals surface area contributed by atoms with Gasteiger partial charge >= 0.3 is 0 Å². The molecule has 0 N–H and O–H groups in total. The van der Waals surface area contributed by atoms with Crippen molar-refractivity contribution in [2.75, 3.05) is 6.54 Å². The number of aromatic nitrogens is 1. The van der Waals surface area contributed by atoms with Crippen molar-refractivity contribution in [1.29, 1.82) is 0 Å². The van der Waals surface area contributed by atoms with Crippen molar-refractivity contribution in [3.8, 4) is 11.1 Å². The molecule has 2 heterocycles. The van der Waals surface area contributed by atoms with Gasteiger partial charge in [0.05, 0.1) is 5.71 Å². The van der Waals surface area contributed by atoms with Gasteiger partial charge in [-0.15, -0.1) is 0 Å². The Morgan fingerprint density at radius 3 is 2.54 bits per heavy atom. The van der Waals surface area contributed by atoms with Gasteiger partial charge in [0.1, 0.15) is 5.82 Å². The molecule has 0 radical (unpaired) electrons. The monoisotopic (exact) mass is 342 g/mol. The van der Waals surface area contributed by atoms with Crippen LogP contribution in [0.2, 0.25) is 0 Å². The molecule has 0 bridgehead atoms. The lowest BCUT2D eigenvalue weighted by Gasteiger charge is -2.16.